The molecule has 0 saturated heterocycles. The summed E-state index contributed by atoms with van der Waals surface area (Å²) < 4.78 is 0. The lowest BCUT2D eigenvalue weighted by Crippen LogP contribution is -2.30. The van der Waals surface area contributed by atoms with E-state index in [1.54, 1.807) is 6.42 Å². The number of hydrogen-bond acceptors (Lipinski definition) is 0. The highest BCUT2D eigenvalue weighted by molar-refractivity contribution is 4.98. The summed E-state index contributed by atoms with van der Waals surface area (Å²) in [5, 5.41) is 0. The average Bonchev–Trinajstić information content (AvgIpc) is 3.35. The van der Waals surface area contributed by atoms with Gasteiger partial charge in [-0.25, -0.2) is 0 Å². The molecule has 2 aliphatic rings. The summed E-state index contributed by atoms with van der Waals surface area (Å²) in [7, 11) is 0. The van der Waals surface area contributed by atoms with E-state index in [1.165, 1.54) is 70.6 Å². The molecule has 0 radical (unpaired) electrons. The monoisotopic (exact) mass is 348 g/mol. The summed E-state index contributed by atoms with van der Waals surface area (Å²) in [5.74, 6) is 6.03. The molecule has 2 aliphatic carbocycles. The van der Waals surface area contributed by atoms with Gasteiger partial charge in [0.15, 0.2) is 0 Å². The predicted molar refractivity (Wildman–Crippen MR) is 113 cm³/mol. The summed E-state index contributed by atoms with van der Waals surface area (Å²) in [6, 6.07) is 0. The first kappa shape index (κ1) is 21.3. The van der Waals surface area contributed by atoms with Crippen molar-refractivity contribution >= 4 is 0 Å². The van der Waals surface area contributed by atoms with Gasteiger partial charge in [-0.15, -0.1) is 0 Å². The molecule has 0 aromatic carbocycles. The van der Waals surface area contributed by atoms with Crippen LogP contribution in [0.5, 0.6) is 0 Å². The van der Waals surface area contributed by atoms with Crippen LogP contribution < -0.4 is 0 Å². The minimum atomic E-state index is 0.635. The molecule has 0 heterocycles. The quantitative estimate of drug-likeness (QED) is 0.347. The van der Waals surface area contributed by atoms with Gasteiger partial charge in [-0.3, -0.25) is 0 Å². The van der Waals surface area contributed by atoms with E-state index in [1.807, 2.05) is 0 Å². The van der Waals surface area contributed by atoms with Gasteiger partial charge in [-0.2, -0.15) is 0 Å². The van der Waals surface area contributed by atoms with Crippen LogP contribution in [0.15, 0.2) is 0 Å². The van der Waals surface area contributed by atoms with Crippen LogP contribution in [0.1, 0.15) is 119 Å². The molecule has 0 nitrogen and oxygen atoms in total. The van der Waals surface area contributed by atoms with E-state index in [4.69, 9.17) is 0 Å². The van der Waals surface area contributed by atoms with E-state index >= 15 is 0 Å². The zero-order valence-electron chi connectivity index (χ0n) is 18.4. The van der Waals surface area contributed by atoms with Gasteiger partial charge < -0.3 is 0 Å². The summed E-state index contributed by atoms with van der Waals surface area (Å²) in [4.78, 5) is 0. The smallest absolute Gasteiger partial charge is 0.0292 e. The Bertz CT molecular complexity index is 372. The molecule has 0 N–H and O–H groups in total. The lowest BCUT2D eigenvalue weighted by atomic mass is 9.66. The van der Waals surface area contributed by atoms with Crippen LogP contribution in [0.25, 0.3) is 0 Å². The van der Waals surface area contributed by atoms with Gasteiger partial charge in [-0.1, -0.05) is 80.1 Å². The van der Waals surface area contributed by atoms with Crippen LogP contribution in [-0.4, -0.2) is 0 Å². The lowest BCUT2D eigenvalue weighted by molar-refractivity contribution is 0.107. The normalized spacial score (nSPS) is 38.2. The Labute approximate surface area is 159 Å². The highest BCUT2D eigenvalue weighted by Gasteiger charge is 2.48. The third-order valence-corrected chi connectivity index (χ3v) is 8.20. The van der Waals surface area contributed by atoms with E-state index < -0.39 is 0 Å². The molecule has 148 valence electrons. The molecule has 0 amide bonds. The summed E-state index contributed by atoms with van der Waals surface area (Å²) in [6.45, 7) is 14.9. The van der Waals surface area contributed by atoms with Crippen LogP contribution in [0.4, 0.5) is 0 Å². The molecule has 0 aromatic heterocycles. The van der Waals surface area contributed by atoms with Crippen LogP contribution in [-0.2, 0) is 0 Å². The minimum absolute atomic E-state index is 0.635. The fourth-order valence-electron chi connectivity index (χ4n) is 6.45. The molecule has 7 unspecified atom stereocenters. The Kier molecular flexibility index (Phi) is 8.35. The molecule has 0 heteroatoms. The van der Waals surface area contributed by atoms with Crippen molar-refractivity contribution in [2.24, 2.45) is 40.9 Å². The van der Waals surface area contributed by atoms with Crippen molar-refractivity contribution in [1.29, 1.82) is 0 Å². The Morgan fingerprint density at radius 1 is 0.880 bits per heavy atom. The molecular formula is C25H48. The molecule has 0 spiro atoms. The number of hydrogen-bond donors (Lipinski definition) is 0. The molecule has 0 bridgehead atoms. The second-order valence-electron chi connectivity index (χ2n) is 10.4. The topological polar surface area (TPSA) is 0 Å². The van der Waals surface area contributed by atoms with Gasteiger partial charge in [0.2, 0.25) is 0 Å². The van der Waals surface area contributed by atoms with Gasteiger partial charge in [0.1, 0.15) is 0 Å². The first-order valence-electron chi connectivity index (χ1n) is 11.9. The Morgan fingerprint density at radius 2 is 1.56 bits per heavy atom. The number of unbranched alkanes of at least 4 members (excludes halogenated alkanes) is 2. The van der Waals surface area contributed by atoms with Crippen molar-refractivity contribution in [3.05, 3.63) is 0 Å². The van der Waals surface area contributed by atoms with Crippen LogP contribution in [0, 0.1) is 40.9 Å². The van der Waals surface area contributed by atoms with Crippen molar-refractivity contribution in [2.75, 3.05) is 0 Å². The summed E-state index contributed by atoms with van der Waals surface area (Å²) in [6.07, 6.45) is 17.6. The van der Waals surface area contributed by atoms with Crippen molar-refractivity contribution in [1.82, 2.24) is 0 Å². The highest BCUT2D eigenvalue weighted by atomic mass is 14.5. The first-order valence-corrected chi connectivity index (χ1v) is 11.9. The maximum absolute atomic E-state index is 2.68. The Hall–Kier alpha value is 0. The Balaban J connectivity index is 2.14. The van der Waals surface area contributed by atoms with Crippen molar-refractivity contribution in [2.45, 2.75) is 119 Å². The zero-order valence-corrected chi connectivity index (χ0v) is 18.4. The summed E-state index contributed by atoms with van der Waals surface area (Å²) in [5.41, 5.74) is 0.635. The van der Waals surface area contributed by atoms with Crippen LogP contribution >= 0.6 is 0 Å². The van der Waals surface area contributed by atoms with Gasteiger partial charge >= 0.3 is 0 Å². The fourth-order valence-corrected chi connectivity index (χ4v) is 6.45. The van der Waals surface area contributed by atoms with E-state index in [-0.39, 0.29) is 0 Å². The SMILES string of the molecule is CCCCC1C(CC)CC(C)CCC1CC(C)(CCCC)C1CC1C. The maximum Gasteiger partial charge on any atom is -0.0292 e. The maximum atomic E-state index is 2.68. The number of rotatable bonds is 10. The fraction of sp³-hybridized carbons (Fsp3) is 1.00. The van der Waals surface area contributed by atoms with E-state index in [2.05, 4.69) is 41.5 Å². The molecule has 2 rings (SSSR count). The molecule has 2 saturated carbocycles. The van der Waals surface area contributed by atoms with Gasteiger partial charge in [-0.05, 0) is 79.4 Å². The second kappa shape index (κ2) is 9.80. The van der Waals surface area contributed by atoms with Gasteiger partial charge in [0, 0.05) is 0 Å². The van der Waals surface area contributed by atoms with E-state index in [0.717, 1.165) is 35.5 Å². The molecule has 7 atom stereocenters. The third kappa shape index (κ3) is 5.74. The molecule has 0 aliphatic heterocycles. The van der Waals surface area contributed by atoms with Crippen molar-refractivity contribution < 1.29 is 0 Å². The zero-order chi connectivity index (χ0) is 18.4. The van der Waals surface area contributed by atoms with E-state index in [0.29, 0.717) is 5.41 Å². The molecular weight excluding hydrogens is 300 g/mol. The van der Waals surface area contributed by atoms with Crippen molar-refractivity contribution in [3.63, 3.8) is 0 Å². The average molecular weight is 349 g/mol. The van der Waals surface area contributed by atoms with E-state index in [9.17, 15) is 0 Å². The van der Waals surface area contributed by atoms with Crippen LogP contribution in [0.3, 0.4) is 0 Å². The minimum Gasteiger partial charge on any atom is -0.0654 e. The highest BCUT2D eigenvalue weighted by Crippen LogP contribution is 2.57. The largest absolute Gasteiger partial charge is 0.0654 e. The first-order chi connectivity index (χ1) is 11.9. The molecule has 0 aromatic rings. The predicted octanol–water partition coefficient (Wildman–Crippen LogP) is 8.50. The Morgan fingerprint density at radius 3 is 2.12 bits per heavy atom. The van der Waals surface area contributed by atoms with Crippen LogP contribution in [0.2, 0.25) is 0 Å². The van der Waals surface area contributed by atoms with Gasteiger partial charge in [0.05, 0.1) is 0 Å². The third-order valence-electron chi connectivity index (χ3n) is 8.20. The molecule has 25 heavy (non-hydrogen) atoms. The standard InChI is InChI=1S/C25H48/c1-7-10-12-23-21(9-3)16-19(4)13-14-22(23)18-25(6,15-11-8-2)24-17-20(24)5/h19-24H,7-18H2,1-6H3. The summed E-state index contributed by atoms with van der Waals surface area (Å²) >= 11 is 0. The lowest BCUT2D eigenvalue weighted by Gasteiger charge is -2.39. The van der Waals surface area contributed by atoms with Crippen molar-refractivity contribution in [3.8, 4) is 0 Å². The molecule has 2 fully saturated rings. The van der Waals surface area contributed by atoms with Gasteiger partial charge in [0.25, 0.3) is 0 Å². The second-order valence-corrected chi connectivity index (χ2v) is 10.4.